The van der Waals surface area contributed by atoms with E-state index in [1.54, 1.807) is 18.2 Å². The van der Waals surface area contributed by atoms with E-state index in [0.717, 1.165) is 29.2 Å². The van der Waals surface area contributed by atoms with E-state index in [9.17, 15) is 4.79 Å². The van der Waals surface area contributed by atoms with E-state index in [1.165, 1.54) is 32.1 Å². The summed E-state index contributed by atoms with van der Waals surface area (Å²) in [5.41, 5.74) is 1.16. The molecule has 4 aliphatic rings. The van der Waals surface area contributed by atoms with Crippen molar-refractivity contribution in [3.63, 3.8) is 0 Å². The van der Waals surface area contributed by atoms with Crippen LogP contribution in [0, 0.1) is 41.4 Å². The van der Waals surface area contributed by atoms with Gasteiger partial charge >= 0.3 is 5.97 Å². The van der Waals surface area contributed by atoms with E-state index in [1.807, 2.05) is 6.07 Å². The smallest absolute Gasteiger partial charge is 0.335 e. The van der Waals surface area contributed by atoms with Gasteiger partial charge in [0.25, 0.3) is 0 Å². The first-order valence-corrected chi connectivity index (χ1v) is 8.04. The summed E-state index contributed by atoms with van der Waals surface area (Å²) in [4.78, 5) is 11.0. The molecule has 4 saturated carbocycles. The molecular weight excluding hydrogens is 260 g/mol. The minimum atomic E-state index is -0.881. The van der Waals surface area contributed by atoms with Gasteiger partial charge in [-0.05, 0) is 74.0 Å². The van der Waals surface area contributed by atoms with E-state index in [-0.39, 0.29) is 0 Å². The van der Waals surface area contributed by atoms with Gasteiger partial charge in [0.15, 0.2) is 0 Å². The molecule has 0 unspecified atom stereocenters. The minimum absolute atomic E-state index is 0.326. The molecule has 1 aromatic rings. The summed E-state index contributed by atoms with van der Waals surface area (Å²) in [7, 11) is 0. The van der Waals surface area contributed by atoms with Crippen LogP contribution in [0.25, 0.3) is 0 Å². The third kappa shape index (κ3) is 2.35. The van der Waals surface area contributed by atoms with Crippen LogP contribution in [0.4, 0.5) is 0 Å². The number of benzene rings is 1. The maximum Gasteiger partial charge on any atom is 0.335 e. The van der Waals surface area contributed by atoms with Crippen molar-refractivity contribution in [3.05, 3.63) is 35.4 Å². The molecule has 2 heteroatoms. The number of hydrogen-bond acceptors (Lipinski definition) is 1. The maximum atomic E-state index is 11.0. The number of aromatic carboxylic acids is 1. The lowest BCUT2D eigenvalue weighted by molar-refractivity contribution is -0.0122. The fourth-order valence-corrected chi connectivity index (χ4v) is 5.06. The SMILES string of the molecule is O=C(O)c1cccc(C#CC2C3CC4CC(C3)CC2C4)c1. The molecule has 0 spiro atoms. The Morgan fingerprint density at radius 3 is 2.33 bits per heavy atom. The van der Waals surface area contributed by atoms with E-state index in [4.69, 9.17) is 5.11 Å². The van der Waals surface area contributed by atoms with E-state index >= 15 is 0 Å². The third-order valence-corrected chi connectivity index (χ3v) is 5.72. The molecule has 21 heavy (non-hydrogen) atoms. The molecule has 4 fully saturated rings. The third-order valence-electron chi connectivity index (χ3n) is 5.72. The van der Waals surface area contributed by atoms with Gasteiger partial charge in [0.05, 0.1) is 5.56 Å². The quantitative estimate of drug-likeness (QED) is 0.794. The van der Waals surface area contributed by atoms with Crippen molar-refractivity contribution >= 4 is 5.97 Å². The highest BCUT2D eigenvalue weighted by atomic mass is 16.4. The molecule has 4 bridgehead atoms. The van der Waals surface area contributed by atoms with Crippen molar-refractivity contribution in [2.75, 3.05) is 0 Å². The van der Waals surface area contributed by atoms with Gasteiger partial charge in [-0.25, -0.2) is 4.79 Å². The summed E-state index contributed by atoms with van der Waals surface area (Å²) in [6.45, 7) is 0. The van der Waals surface area contributed by atoms with Crippen molar-refractivity contribution in [3.8, 4) is 11.8 Å². The van der Waals surface area contributed by atoms with Crippen molar-refractivity contribution < 1.29 is 9.90 Å². The molecule has 4 aliphatic carbocycles. The summed E-state index contributed by atoms with van der Waals surface area (Å²) in [6.07, 6.45) is 6.97. The summed E-state index contributed by atoms with van der Waals surface area (Å²) in [5, 5.41) is 9.04. The molecule has 2 nitrogen and oxygen atoms in total. The van der Waals surface area contributed by atoms with Crippen molar-refractivity contribution in [2.24, 2.45) is 29.6 Å². The molecule has 0 aromatic heterocycles. The molecule has 1 aromatic carbocycles. The molecule has 0 heterocycles. The molecule has 0 saturated heterocycles. The number of carbonyl (C=O) groups is 1. The predicted octanol–water partition coefficient (Wildman–Crippen LogP) is 3.81. The largest absolute Gasteiger partial charge is 0.478 e. The van der Waals surface area contributed by atoms with Crippen molar-refractivity contribution in [1.82, 2.24) is 0 Å². The van der Waals surface area contributed by atoms with Crippen LogP contribution in [0.5, 0.6) is 0 Å². The van der Waals surface area contributed by atoms with Gasteiger partial charge in [-0.1, -0.05) is 17.9 Å². The monoisotopic (exact) mass is 280 g/mol. The summed E-state index contributed by atoms with van der Waals surface area (Å²) in [6, 6.07) is 7.00. The molecular formula is C19H20O2. The molecule has 1 N–H and O–H groups in total. The highest BCUT2D eigenvalue weighted by Crippen LogP contribution is 2.56. The Morgan fingerprint density at radius 2 is 1.71 bits per heavy atom. The lowest BCUT2D eigenvalue weighted by Crippen LogP contribution is -2.44. The first-order valence-electron chi connectivity index (χ1n) is 8.04. The minimum Gasteiger partial charge on any atom is -0.478 e. The van der Waals surface area contributed by atoms with Crippen LogP contribution in [0.3, 0.4) is 0 Å². The number of rotatable bonds is 1. The van der Waals surface area contributed by atoms with Crippen LogP contribution in [-0.2, 0) is 0 Å². The second kappa shape index (κ2) is 4.91. The Kier molecular flexibility index (Phi) is 3.03. The van der Waals surface area contributed by atoms with Crippen molar-refractivity contribution in [1.29, 1.82) is 0 Å². The second-order valence-electron chi connectivity index (χ2n) is 7.11. The molecule has 5 rings (SSSR count). The van der Waals surface area contributed by atoms with Gasteiger partial charge < -0.3 is 5.11 Å². The Hall–Kier alpha value is -1.75. The fourth-order valence-electron chi connectivity index (χ4n) is 5.06. The van der Waals surface area contributed by atoms with Gasteiger partial charge in [-0.3, -0.25) is 0 Å². The summed E-state index contributed by atoms with van der Waals surface area (Å²) in [5.74, 6) is 9.98. The normalized spacial score (nSPS) is 36.1. The zero-order chi connectivity index (χ0) is 14.4. The molecule has 0 atom stereocenters. The highest BCUT2D eigenvalue weighted by molar-refractivity contribution is 5.88. The van der Waals surface area contributed by atoms with E-state index in [0.29, 0.717) is 11.5 Å². The van der Waals surface area contributed by atoms with E-state index < -0.39 is 5.97 Å². The fraction of sp³-hybridized carbons (Fsp3) is 0.526. The maximum absolute atomic E-state index is 11.0. The van der Waals surface area contributed by atoms with Crippen LogP contribution in [0.15, 0.2) is 24.3 Å². The van der Waals surface area contributed by atoms with Gasteiger partial charge in [0.1, 0.15) is 0 Å². The average molecular weight is 280 g/mol. The number of hydrogen-bond donors (Lipinski definition) is 1. The molecule has 0 aliphatic heterocycles. The van der Waals surface area contributed by atoms with Crippen LogP contribution >= 0.6 is 0 Å². The summed E-state index contributed by atoms with van der Waals surface area (Å²) < 4.78 is 0. The van der Waals surface area contributed by atoms with Crippen LogP contribution in [0.2, 0.25) is 0 Å². The number of carboxylic acids is 1. The van der Waals surface area contributed by atoms with Crippen LogP contribution in [-0.4, -0.2) is 11.1 Å². The Balaban J connectivity index is 1.57. The first-order chi connectivity index (χ1) is 10.2. The number of carboxylic acid groups (broad SMARTS) is 1. The standard InChI is InChI=1S/C19H20O2/c20-19(21)15-3-1-2-12(7-15)4-5-18-16-8-13-6-14(10-16)11-17(18)9-13/h1-3,7,13-14,16-18H,6,8-11H2,(H,20,21). The topological polar surface area (TPSA) is 37.3 Å². The lowest BCUT2D eigenvalue weighted by Gasteiger charge is -2.52. The molecule has 0 radical (unpaired) electrons. The highest BCUT2D eigenvalue weighted by Gasteiger charge is 2.47. The van der Waals surface area contributed by atoms with Crippen LogP contribution in [0.1, 0.15) is 48.0 Å². The van der Waals surface area contributed by atoms with Gasteiger partial charge in [0, 0.05) is 11.5 Å². The van der Waals surface area contributed by atoms with E-state index in [2.05, 4.69) is 11.8 Å². The predicted molar refractivity (Wildman–Crippen MR) is 80.8 cm³/mol. The average Bonchev–Trinajstić information content (AvgIpc) is 2.46. The van der Waals surface area contributed by atoms with Crippen molar-refractivity contribution in [2.45, 2.75) is 32.1 Å². The zero-order valence-corrected chi connectivity index (χ0v) is 12.1. The first kappa shape index (κ1) is 13.0. The Morgan fingerprint density at radius 1 is 1.05 bits per heavy atom. The lowest BCUT2D eigenvalue weighted by atomic mass is 9.52. The Labute approximate surface area is 125 Å². The molecule has 108 valence electrons. The molecule has 0 amide bonds. The van der Waals surface area contributed by atoms with Crippen LogP contribution < -0.4 is 0 Å². The van der Waals surface area contributed by atoms with Gasteiger partial charge in [-0.15, -0.1) is 0 Å². The second-order valence-corrected chi connectivity index (χ2v) is 7.11. The van der Waals surface area contributed by atoms with Gasteiger partial charge in [-0.2, -0.15) is 0 Å². The Bertz CT molecular complexity index is 606. The summed E-state index contributed by atoms with van der Waals surface area (Å²) >= 11 is 0. The zero-order valence-electron chi connectivity index (χ0n) is 12.1. The van der Waals surface area contributed by atoms with Gasteiger partial charge in [0.2, 0.25) is 0 Å².